The first-order chi connectivity index (χ1) is 10.4. The van der Waals surface area contributed by atoms with E-state index in [1.165, 1.54) is 30.2 Å². The largest absolute Gasteiger partial charge is 0.314 e. The Morgan fingerprint density at radius 1 is 1.19 bits per heavy atom. The number of piperazine rings is 1. The van der Waals surface area contributed by atoms with Crippen LogP contribution in [0.4, 0.5) is 0 Å². The molecule has 1 unspecified atom stereocenters. The Morgan fingerprint density at radius 2 is 2.00 bits per heavy atom. The standard InChI is InChI=1S/C18H25N3/c1-2-3-8-18(21-13-11-19-12-14-21)16-9-10-20-17-7-5-4-6-15(16)17/h4-7,9-10,18-19H,2-3,8,11-14H2,1H3. The Morgan fingerprint density at radius 3 is 2.81 bits per heavy atom. The maximum Gasteiger partial charge on any atom is 0.0705 e. The lowest BCUT2D eigenvalue weighted by Gasteiger charge is -2.35. The van der Waals surface area contributed by atoms with Gasteiger partial charge in [0.1, 0.15) is 0 Å². The Labute approximate surface area is 127 Å². The zero-order chi connectivity index (χ0) is 14.5. The molecule has 2 heterocycles. The molecule has 0 radical (unpaired) electrons. The number of para-hydroxylation sites is 1. The van der Waals surface area contributed by atoms with E-state index in [-0.39, 0.29) is 0 Å². The predicted molar refractivity (Wildman–Crippen MR) is 88.5 cm³/mol. The molecular formula is C18H25N3. The van der Waals surface area contributed by atoms with Gasteiger partial charge >= 0.3 is 0 Å². The van der Waals surface area contributed by atoms with Gasteiger partial charge in [0.05, 0.1) is 5.52 Å². The van der Waals surface area contributed by atoms with Crippen molar-refractivity contribution in [3.63, 3.8) is 0 Å². The van der Waals surface area contributed by atoms with Crippen molar-refractivity contribution in [3.8, 4) is 0 Å². The first kappa shape index (κ1) is 14.5. The molecule has 1 atom stereocenters. The molecule has 1 aliphatic heterocycles. The third-order valence-corrected chi connectivity index (χ3v) is 4.47. The molecule has 0 saturated carbocycles. The van der Waals surface area contributed by atoms with Gasteiger partial charge < -0.3 is 5.32 Å². The number of hydrogen-bond acceptors (Lipinski definition) is 3. The Balaban J connectivity index is 1.96. The van der Waals surface area contributed by atoms with E-state index in [4.69, 9.17) is 0 Å². The fourth-order valence-corrected chi connectivity index (χ4v) is 3.33. The number of fused-ring (bicyclic) bond motifs is 1. The summed E-state index contributed by atoms with van der Waals surface area (Å²) in [5, 5.41) is 4.78. The average molecular weight is 283 g/mol. The van der Waals surface area contributed by atoms with Crippen LogP contribution < -0.4 is 5.32 Å². The van der Waals surface area contributed by atoms with Gasteiger partial charge in [0.25, 0.3) is 0 Å². The fraction of sp³-hybridized carbons (Fsp3) is 0.500. The molecule has 0 amide bonds. The quantitative estimate of drug-likeness (QED) is 0.912. The lowest BCUT2D eigenvalue weighted by atomic mass is 9.95. The van der Waals surface area contributed by atoms with Crippen molar-refractivity contribution < 1.29 is 0 Å². The number of hydrogen-bond donors (Lipinski definition) is 1. The number of nitrogens with one attached hydrogen (secondary N) is 1. The summed E-state index contributed by atoms with van der Waals surface area (Å²) in [6.07, 6.45) is 5.75. The SMILES string of the molecule is CCCCC(c1ccnc2ccccc12)N1CCNCC1. The van der Waals surface area contributed by atoms with Gasteiger partial charge in [-0.2, -0.15) is 0 Å². The van der Waals surface area contributed by atoms with Crippen LogP contribution in [-0.4, -0.2) is 36.1 Å². The van der Waals surface area contributed by atoms with Gasteiger partial charge in [-0.05, 0) is 24.1 Å². The second-order valence-corrected chi connectivity index (χ2v) is 5.86. The summed E-state index contributed by atoms with van der Waals surface area (Å²) in [6.45, 7) is 6.77. The minimum atomic E-state index is 0.528. The number of nitrogens with zero attached hydrogens (tertiary/aromatic N) is 2. The minimum Gasteiger partial charge on any atom is -0.314 e. The number of pyridine rings is 1. The van der Waals surface area contributed by atoms with Crippen LogP contribution in [0, 0.1) is 0 Å². The van der Waals surface area contributed by atoms with Crippen LogP contribution >= 0.6 is 0 Å². The fourth-order valence-electron chi connectivity index (χ4n) is 3.33. The zero-order valence-corrected chi connectivity index (χ0v) is 12.9. The molecule has 1 N–H and O–H groups in total. The number of rotatable bonds is 5. The molecule has 1 aromatic heterocycles. The van der Waals surface area contributed by atoms with E-state index in [0.29, 0.717) is 6.04 Å². The molecule has 1 saturated heterocycles. The van der Waals surface area contributed by atoms with E-state index >= 15 is 0 Å². The molecule has 3 heteroatoms. The highest BCUT2D eigenvalue weighted by atomic mass is 15.2. The lowest BCUT2D eigenvalue weighted by molar-refractivity contribution is 0.164. The Kier molecular flexibility index (Phi) is 4.84. The van der Waals surface area contributed by atoms with E-state index in [2.05, 4.69) is 52.5 Å². The molecule has 0 bridgehead atoms. The summed E-state index contributed by atoms with van der Waals surface area (Å²) >= 11 is 0. The van der Waals surface area contributed by atoms with E-state index in [1.54, 1.807) is 0 Å². The number of benzene rings is 1. The highest BCUT2D eigenvalue weighted by molar-refractivity contribution is 5.82. The van der Waals surface area contributed by atoms with Crippen LogP contribution in [0.2, 0.25) is 0 Å². The summed E-state index contributed by atoms with van der Waals surface area (Å²) in [6, 6.07) is 11.3. The summed E-state index contributed by atoms with van der Waals surface area (Å²) in [5.74, 6) is 0. The van der Waals surface area contributed by atoms with Crippen LogP contribution in [0.5, 0.6) is 0 Å². The van der Waals surface area contributed by atoms with E-state index in [1.807, 2.05) is 6.20 Å². The first-order valence-electron chi connectivity index (χ1n) is 8.18. The van der Waals surface area contributed by atoms with Crippen molar-refractivity contribution in [2.45, 2.75) is 32.2 Å². The first-order valence-corrected chi connectivity index (χ1v) is 8.18. The maximum absolute atomic E-state index is 4.52. The minimum absolute atomic E-state index is 0.528. The van der Waals surface area contributed by atoms with E-state index in [0.717, 1.165) is 31.7 Å². The van der Waals surface area contributed by atoms with Crippen molar-refractivity contribution in [2.24, 2.45) is 0 Å². The molecule has 0 spiro atoms. The second kappa shape index (κ2) is 7.01. The van der Waals surface area contributed by atoms with Crippen molar-refractivity contribution in [1.29, 1.82) is 0 Å². The molecule has 0 aliphatic carbocycles. The lowest BCUT2D eigenvalue weighted by Crippen LogP contribution is -2.45. The maximum atomic E-state index is 4.52. The van der Waals surface area contributed by atoms with Crippen molar-refractivity contribution in [1.82, 2.24) is 15.2 Å². The van der Waals surface area contributed by atoms with Crippen molar-refractivity contribution in [2.75, 3.05) is 26.2 Å². The smallest absolute Gasteiger partial charge is 0.0705 e. The Hall–Kier alpha value is -1.45. The molecule has 1 aromatic carbocycles. The van der Waals surface area contributed by atoms with Gasteiger partial charge in [-0.3, -0.25) is 9.88 Å². The molecule has 1 fully saturated rings. The third-order valence-electron chi connectivity index (χ3n) is 4.47. The van der Waals surface area contributed by atoms with Crippen LogP contribution in [0.25, 0.3) is 10.9 Å². The predicted octanol–water partition coefficient (Wildman–Crippen LogP) is 3.37. The summed E-state index contributed by atoms with van der Waals surface area (Å²) in [7, 11) is 0. The van der Waals surface area contributed by atoms with Gasteiger partial charge in [0.2, 0.25) is 0 Å². The second-order valence-electron chi connectivity index (χ2n) is 5.86. The van der Waals surface area contributed by atoms with Crippen LogP contribution in [0.3, 0.4) is 0 Å². The zero-order valence-electron chi connectivity index (χ0n) is 12.9. The van der Waals surface area contributed by atoms with Gasteiger partial charge in [-0.25, -0.2) is 0 Å². The molecule has 21 heavy (non-hydrogen) atoms. The third kappa shape index (κ3) is 3.25. The van der Waals surface area contributed by atoms with Gasteiger partial charge in [0.15, 0.2) is 0 Å². The van der Waals surface area contributed by atoms with E-state index in [9.17, 15) is 0 Å². The average Bonchev–Trinajstić information content (AvgIpc) is 2.56. The van der Waals surface area contributed by atoms with Gasteiger partial charge in [-0.1, -0.05) is 38.0 Å². The highest BCUT2D eigenvalue weighted by Crippen LogP contribution is 2.31. The van der Waals surface area contributed by atoms with Crippen molar-refractivity contribution >= 4 is 10.9 Å². The Bertz CT molecular complexity index is 570. The van der Waals surface area contributed by atoms with Crippen molar-refractivity contribution in [3.05, 3.63) is 42.1 Å². The van der Waals surface area contributed by atoms with Gasteiger partial charge in [-0.15, -0.1) is 0 Å². The molecule has 1 aliphatic rings. The monoisotopic (exact) mass is 283 g/mol. The normalized spacial score (nSPS) is 18.0. The topological polar surface area (TPSA) is 28.2 Å². The van der Waals surface area contributed by atoms with E-state index < -0.39 is 0 Å². The van der Waals surface area contributed by atoms with Crippen LogP contribution in [0.1, 0.15) is 37.8 Å². The van der Waals surface area contributed by atoms with Gasteiger partial charge in [0, 0.05) is 43.8 Å². The highest BCUT2D eigenvalue weighted by Gasteiger charge is 2.23. The number of unbranched alkanes of at least 4 members (excludes halogenated alkanes) is 1. The molecular weight excluding hydrogens is 258 g/mol. The summed E-state index contributed by atoms with van der Waals surface area (Å²) in [5.41, 5.74) is 2.57. The van der Waals surface area contributed by atoms with Crippen LogP contribution in [0.15, 0.2) is 36.5 Å². The summed E-state index contributed by atoms with van der Waals surface area (Å²) in [4.78, 5) is 7.17. The molecule has 3 rings (SSSR count). The van der Waals surface area contributed by atoms with Crippen LogP contribution in [-0.2, 0) is 0 Å². The molecule has 2 aromatic rings. The number of aromatic nitrogens is 1. The molecule has 112 valence electrons. The summed E-state index contributed by atoms with van der Waals surface area (Å²) < 4.78 is 0. The molecule has 3 nitrogen and oxygen atoms in total.